The fraction of sp³-hybridized carbons (Fsp3) is 0.176. The topological polar surface area (TPSA) is 30.9 Å². The largest absolute Gasteiger partial charge is 0.399 e. The number of aryl methyl sites for hydroxylation is 3. The van der Waals surface area contributed by atoms with E-state index in [4.69, 9.17) is 5.73 Å². The first-order valence-corrected chi connectivity index (χ1v) is 6.63. The average Bonchev–Trinajstić information content (AvgIpc) is 2.74. The molecule has 0 spiro atoms. The number of nitrogens with two attached hydrogens (primary N) is 1. The van der Waals surface area contributed by atoms with Gasteiger partial charge in [-0.25, -0.2) is 0 Å². The Kier molecular flexibility index (Phi) is 3.00. The molecular weight excluding hydrogens is 232 g/mol. The van der Waals surface area contributed by atoms with Crippen LogP contribution in [-0.2, 0) is 13.0 Å². The second-order valence-electron chi connectivity index (χ2n) is 4.99. The highest BCUT2D eigenvalue weighted by Crippen LogP contribution is 2.19. The molecule has 1 heterocycles. The monoisotopic (exact) mass is 250 g/mol. The first-order valence-electron chi connectivity index (χ1n) is 6.63. The van der Waals surface area contributed by atoms with Crippen LogP contribution in [0.15, 0.2) is 54.6 Å². The number of anilines is 1. The Morgan fingerprint density at radius 1 is 1.00 bits per heavy atom. The van der Waals surface area contributed by atoms with Gasteiger partial charge in [0.05, 0.1) is 0 Å². The Balaban J connectivity index is 1.85. The van der Waals surface area contributed by atoms with E-state index >= 15 is 0 Å². The molecule has 1 aromatic heterocycles. The van der Waals surface area contributed by atoms with Crippen molar-refractivity contribution in [3.05, 3.63) is 65.9 Å². The molecule has 3 aromatic rings. The van der Waals surface area contributed by atoms with E-state index in [9.17, 15) is 0 Å². The van der Waals surface area contributed by atoms with Crippen LogP contribution in [0.1, 0.15) is 11.3 Å². The Hall–Kier alpha value is -2.22. The van der Waals surface area contributed by atoms with Crippen LogP contribution in [0, 0.1) is 6.92 Å². The predicted molar refractivity (Wildman–Crippen MR) is 81.2 cm³/mol. The van der Waals surface area contributed by atoms with Gasteiger partial charge in [0.2, 0.25) is 0 Å². The van der Waals surface area contributed by atoms with Crippen molar-refractivity contribution < 1.29 is 0 Å². The van der Waals surface area contributed by atoms with E-state index in [1.54, 1.807) is 0 Å². The van der Waals surface area contributed by atoms with Crippen molar-refractivity contribution in [1.29, 1.82) is 0 Å². The normalized spacial score (nSPS) is 11.0. The summed E-state index contributed by atoms with van der Waals surface area (Å²) in [5, 5.41) is 1.32. The second-order valence-corrected chi connectivity index (χ2v) is 4.99. The van der Waals surface area contributed by atoms with E-state index in [1.165, 1.54) is 22.2 Å². The summed E-state index contributed by atoms with van der Waals surface area (Å²) in [5.41, 5.74) is 10.5. The van der Waals surface area contributed by atoms with Crippen LogP contribution >= 0.6 is 0 Å². The quantitative estimate of drug-likeness (QED) is 0.705. The number of rotatable bonds is 3. The van der Waals surface area contributed by atoms with Crippen molar-refractivity contribution in [2.45, 2.75) is 19.9 Å². The lowest BCUT2D eigenvalue weighted by Crippen LogP contribution is -2.03. The third-order valence-electron chi connectivity index (χ3n) is 3.62. The van der Waals surface area contributed by atoms with E-state index in [1.807, 2.05) is 12.1 Å². The highest BCUT2D eigenvalue weighted by Gasteiger charge is 2.04. The van der Waals surface area contributed by atoms with Crippen LogP contribution in [-0.4, -0.2) is 4.57 Å². The molecule has 2 aromatic carbocycles. The Morgan fingerprint density at radius 2 is 1.74 bits per heavy atom. The highest BCUT2D eigenvalue weighted by atomic mass is 15.0. The molecule has 2 N–H and O–H groups in total. The third-order valence-corrected chi connectivity index (χ3v) is 3.62. The highest BCUT2D eigenvalue weighted by molar-refractivity contribution is 5.81. The van der Waals surface area contributed by atoms with Gasteiger partial charge < -0.3 is 10.3 Å². The SMILES string of the molecule is Cc1cc2ccccc2n1CCc1ccc(N)cc1. The summed E-state index contributed by atoms with van der Waals surface area (Å²) in [6.07, 6.45) is 1.03. The first-order chi connectivity index (χ1) is 9.24. The lowest BCUT2D eigenvalue weighted by molar-refractivity contribution is 0.703. The number of hydrogen-bond acceptors (Lipinski definition) is 1. The van der Waals surface area contributed by atoms with Crippen LogP contribution < -0.4 is 5.73 Å². The van der Waals surface area contributed by atoms with Gasteiger partial charge in [0.15, 0.2) is 0 Å². The predicted octanol–water partition coefficient (Wildman–Crippen LogP) is 3.77. The molecule has 0 aliphatic carbocycles. The molecule has 2 nitrogen and oxygen atoms in total. The van der Waals surface area contributed by atoms with E-state index in [2.05, 4.69) is 54.0 Å². The first kappa shape index (κ1) is 11.8. The molecule has 0 fully saturated rings. The number of para-hydroxylation sites is 1. The van der Waals surface area contributed by atoms with Gasteiger partial charge in [0.25, 0.3) is 0 Å². The van der Waals surface area contributed by atoms with Gasteiger partial charge in [-0.15, -0.1) is 0 Å². The Labute approximate surface area is 113 Å². The molecule has 19 heavy (non-hydrogen) atoms. The lowest BCUT2D eigenvalue weighted by atomic mass is 10.1. The number of nitrogens with zero attached hydrogens (tertiary/aromatic N) is 1. The van der Waals surface area contributed by atoms with Crippen molar-refractivity contribution in [3.63, 3.8) is 0 Å². The maximum Gasteiger partial charge on any atom is 0.0482 e. The number of fused-ring (bicyclic) bond motifs is 1. The van der Waals surface area contributed by atoms with Gasteiger partial charge >= 0.3 is 0 Å². The molecule has 0 unspecified atom stereocenters. The van der Waals surface area contributed by atoms with Crippen LogP contribution in [0.4, 0.5) is 5.69 Å². The molecular formula is C17H18N2. The fourth-order valence-corrected chi connectivity index (χ4v) is 2.57. The standard InChI is InChI=1S/C17H18N2/c1-13-12-15-4-2-3-5-17(15)19(13)11-10-14-6-8-16(18)9-7-14/h2-9,12H,10-11,18H2,1H3. The maximum absolute atomic E-state index is 5.71. The smallest absolute Gasteiger partial charge is 0.0482 e. The molecule has 0 radical (unpaired) electrons. The summed E-state index contributed by atoms with van der Waals surface area (Å²) in [5.74, 6) is 0. The summed E-state index contributed by atoms with van der Waals surface area (Å²) < 4.78 is 2.38. The summed E-state index contributed by atoms with van der Waals surface area (Å²) in [4.78, 5) is 0. The molecule has 0 aliphatic heterocycles. The number of benzene rings is 2. The number of nitrogen functional groups attached to an aromatic ring is 1. The van der Waals surface area contributed by atoms with E-state index in [0.717, 1.165) is 18.7 Å². The average molecular weight is 250 g/mol. The van der Waals surface area contributed by atoms with Crippen molar-refractivity contribution in [3.8, 4) is 0 Å². The maximum atomic E-state index is 5.71. The van der Waals surface area contributed by atoms with Crippen LogP contribution in [0.25, 0.3) is 10.9 Å². The molecule has 2 heteroatoms. The molecule has 96 valence electrons. The minimum atomic E-state index is 0.825. The molecule has 0 amide bonds. The molecule has 3 rings (SSSR count). The Bertz CT molecular complexity index is 693. The zero-order chi connectivity index (χ0) is 13.2. The molecule has 0 saturated carbocycles. The zero-order valence-corrected chi connectivity index (χ0v) is 11.1. The van der Waals surface area contributed by atoms with Crippen molar-refractivity contribution in [2.75, 3.05) is 5.73 Å². The molecule has 0 aliphatic rings. The second kappa shape index (κ2) is 4.81. The van der Waals surface area contributed by atoms with E-state index in [-0.39, 0.29) is 0 Å². The minimum absolute atomic E-state index is 0.825. The number of aromatic nitrogens is 1. The van der Waals surface area contributed by atoms with Gasteiger partial charge in [-0.1, -0.05) is 30.3 Å². The molecule has 0 atom stereocenters. The fourth-order valence-electron chi connectivity index (χ4n) is 2.57. The summed E-state index contributed by atoms with van der Waals surface area (Å²) in [6.45, 7) is 3.17. The lowest BCUT2D eigenvalue weighted by Gasteiger charge is -2.08. The van der Waals surface area contributed by atoms with Gasteiger partial charge in [-0.3, -0.25) is 0 Å². The third kappa shape index (κ3) is 2.34. The van der Waals surface area contributed by atoms with Crippen LogP contribution in [0.2, 0.25) is 0 Å². The van der Waals surface area contributed by atoms with E-state index < -0.39 is 0 Å². The van der Waals surface area contributed by atoms with Gasteiger partial charge in [-0.2, -0.15) is 0 Å². The zero-order valence-electron chi connectivity index (χ0n) is 11.1. The van der Waals surface area contributed by atoms with Gasteiger partial charge in [0, 0.05) is 23.4 Å². The summed E-state index contributed by atoms with van der Waals surface area (Å²) >= 11 is 0. The molecule has 0 saturated heterocycles. The Morgan fingerprint density at radius 3 is 2.53 bits per heavy atom. The van der Waals surface area contributed by atoms with Crippen LogP contribution in [0.5, 0.6) is 0 Å². The van der Waals surface area contributed by atoms with Crippen LogP contribution in [0.3, 0.4) is 0 Å². The summed E-state index contributed by atoms with van der Waals surface area (Å²) in [7, 11) is 0. The van der Waals surface area contributed by atoms with E-state index in [0.29, 0.717) is 0 Å². The van der Waals surface area contributed by atoms with Crippen molar-refractivity contribution in [1.82, 2.24) is 4.57 Å². The number of hydrogen-bond donors (Lipinski definition) is 1. The molecule has 0 bridgehead atoms. The van der Waals surface area contributed by atoms with Crippen molar-refractivity contribution in [2.24, 2.45) is 0 Å². The van der Waals surface area contributed by atoms with Gasteiger partial charge in [0.1, 0.15) is 0 Å². The summed E-state index contributed by atoms with van der Waals surface area (Å²) in [6, 6.07) is 18.9. The van der Waals surface area contributed by atoms with Gasteiger partial charge in [-0.05, 0) is 48.6 Å². The minimum Gasteiger partial charge on any atom is -0.399 e. The van der Waals surface area contributed by atoms with Crippen molar-refractivity contribution >= 4 is 16.6 Å².